The highest BCUT2D eigenvalue weighted by atomic mass is 15.2. The highest BCUT2D eigenvalue weighted by molar-refractivity contribution is 6.09. The molecule has 2 aromatic carbocycles. The minimum absolute atomic E-state index is 0.319. The largest absolute Gasteiger partial charge is 0.365 e. The minimum atomic E-state index is 0.319. The van der Waals surface area contributed by atoms with Crippen LogP contribution in [0.15, 0.2) is 79.1 Å². The Bertz CT molecular complexity index is 1050. The van der Waals surface area contributed by atoms with Gasteiger partial charge >= 0.3 is 0 Å². The lowest BCUT2D eigenvalue weighted by Crippen LogP contribution is -2.29. The molecule has 0 amide bonds. The zero-order chi connectivity index (χ0) is 17.5. The van der Waals surface area contributed by atoms with Crippen LogP contribution in [0.1, 0.15) is 24.9 Å². The molecule has 2 aromatic heterocycles. The number of allylic oxidation sites excluding steroid dienone is 1. The Morgan fingerprint density at radius 2 is 1.69 bits per heavy atom. The van der Waals surface area contributed by atoms with E-state index in [1.165, 1.54) is 21.9 Å². The third-order valence-corrected chi connectivity index (χ3v) is 5.29. The third-order valence-electron chi connectivity index (χ3n) is 5.29. The molecule has 3 nitrogen and oxygen atoms in total. The van der Waals surface area contributed by atoms with Gasteiger partial charge in [-0.15, -0.1) is 0 Å². The summed E-state index contributed by atoms with van der Waals surface area (Å²) in [5, 5.41) is 6.29. The van der Waals surface area contributed by atoms with Gasteiger partial charge in [0.1, 0.15) is 5.82 Å². The number of nitrogens with zero attached hydrogens (tertiary/aromatic N) is 2. The Kier molecular flexibility index (Phi) is 3.52. The zero-order valence-corrected chi connectivity index (χ0v) is 14.8. The predicted molar refractivity (Wildman–Crippen MR) is 108 cm³/mol. The van der Waals surface area contributed by atoms with Gasteiger partial charge in [0.25, 0.3) is 0 Å². The van der Waals surface area contributed by atoms with Crippen LogP contribution in [0.25, 0.3) is 27.6 Å². The lowest BCUT2D eigenvalue weighted by molar-refractivity contribution is 0.473. The molecule has 0 saturated carbocycles. The molecule has 3 heterocycles. The van der Waals surface area contributed by atoms with Crippen molar-refractivity contribution >= 4 is 27.6 Å². The normalized spacial score (nSPS) is 20.1. The standard InChI is InChI=1S/C23H21N3/c1-16-13-20(17-7-3-2-4-8-17)25-23(14-16)26-21-10-6-5-9-18(21)19-11-12-24-15-22(19)26/h2-12,14-16,20,25H,13H2,1H3. The van der Waals surface area contributed by atoms with Gasteiger partial charge in [-0.3, -0.25) is 9.55 Å². The molecular formula is C23H21N3. The zero-order valence-electron chi connectivity index (χ0n) is 14.8. The van der Waals surface area contributed by atoms with Gasteiger partial charge in [-0.1, -0.05) is 55.5 Å². The first-order valence-electron chi connectivity index (χ1n) is 9.18. The molecular weight excluding hydrogens is 318 g/mol. The number of hydrogen-bond acceptors (Lipinski definition) is 2. The van der Waals surface area contributed by atoms with Crippen LogP contribution in [-0.4, -0.2) is 9.55 Å². The molecule has 0 spiro atoms. The van der Waals surface area contributed by atoms with E-state index in [-0.39, 0.29) is 0 Å². The fourth-order valence-electron chi connectivity index (χ4n) is 4.12. The van der Waals surface area contributed by atoms with Crippen LogP contribution in [0, 0.1) is 5.92 Å². The summed E-state index contributed by atoms with van der Waals surface area (Å²) in [6.45, 7) is 2.29. The SMILES string of the molecule is CC1C=C(n2c3ccccc3c3ccncc32)NC(c2ccccc2)C1. The maximum Gasteiger partial charge on any atom is 0.107 e. The summed E-state index contributed by atoms with van der Waals surface area (Å²) < 4.78 is 2.32. The van der Waals surface area contributed by atoms with Crippen LogP contribution in [0.2, 0.25) is 0 Å². The molecule has 128 valence electrons. The second-order valence-electron chi connectivity index (χ2n) is 7.12. The third kappa shape index (κ3) is 2.39. The van der Waals surface area contributed by atoms with E-state index in [1.54, 1.807) is 0 Å². The molecule has 0 aliphatic carbocycles. The van der Waals surface area contributed by atoms with Crippen molar-refractivity contribution in [3.63, 3.8) is 0 Å². The summed E-state index contributed by atoms with van der Waals surface area (Å²) in [5.74, 6) is 1.65. The Morgan fingerprint density at radius 3 is 2.58 bits per heavy atom. The number of hydrogen-bond donors (Lipinski definition) is 1. The average Bonchev–Trinajstić information content (AvgIpc) is 3.03. The summed E-state index contributed by atoms with van der Waals surface area (Å²) in [4.78, 5) is 4.38. The lowest BCUT2D eigenvalue weighted by atomic mass is 9.93. The van der Waals surface area contributed by atoms with Crippen molar-refractivity contribution in [1.82, 2.24) is 14.9 Å². The van der Waals surface area contributed by atoms with Gasteiger partial charge in [0.05, 0.1) is 23.3 Å². The van der Waals surface area contributed by atoms with E-state index in [4.69, 9.17) is 0 Å². The molecule has 26 heavy (non-hydrogen) atoms. The lowest BCUT2D eigenvalue weighted by Gasteiger charge is -2.30. The fraction of sp³-hybridized carbons (Fsp3) is 0.174. The maximum absolute atomic E-state index is 4.38. The van der Waals surface area contributed by atoms with Gasteiger partial charge < -0.3 is 5.32 Å². The Balaban J connectivity index is 1.69. The van der Waals surface area contributed by atoms with E-state index >= 15 is 0 Å². The van der Waals surface area contributed by atoms with Crippen molar-refractivity contribution in [2.45, 2.75) is 19.4 Å². The number of benzene rings is 2. The number of pyridine rings is 1. The molecule has 5 rings (SSSR count). The Labute approximate surface area is 153 Å². The van der Waals surface area contributed by atoms with Crippen molar-refractivity contribution in [2.24, 2.45) is 5.92 Å². The van der Waals surface area contributed by atoms with Gasteiger partial charge in [-0.05, 0) is 36.1 Å². The molecule has 0 radical (unpaired) electrons. The van der Waals surface area contributed by atoms with E-state index < -0.39 is 0 Å². The quantitative estimate of drug-likeness (QED) is 0.533. The van der Waals surface area contributed by atoms with Gasteiger partial charge in [0.15, 0.2) is 0 Å². The van der Waals surface area contributed by atoms with E-state index in [2.05, 4.69) is 88.5 Å². The summed E-state index contributed by atoms with van der Waals surface area (Å²) >= 11 is 0. The summed E-state index contributed by atoms with van der Waals surface area (Å²) in [6, 6.07) is 21.7. The number of fused-ring (bicyclic) bond motifs is 3. The summed E-state index contributed by atoms with van der Waals surface area (Å²) in [5.41, 5.74) is 3.70. The average molecular weight is 339 g/mol. The van der Waals surface area contributed by atoms with Crippen LogP contribution in [0.3, 0.4) is 0 Å². The van der Waals surface area contributed by atoms with Gasteiger partial charge in [0, 0.05) is 17.0 Å². The molecule has 1 aliphatic rings. The molecule has 2 atom stereocenters. The van der Waals surface area contributed by atoms with E-state index in [9.17, 15) is 0 Å². The molecule has 0 saturated heterocycles. The number of nitrogens with one attached hydrogen (secondary N) is 1. The first-order chi connectivity index (χ1) is 12.8. The molecule has 1 N–H and O–H groups in total. The first kappa shape index (κ1) is 15.2. The van der Waals surface area contributed by atoms with Gasteiger partial charge in [-0.25, -0.2) is 0 Å². The highest BCUT2D eigenvalue weighted by Gasteiger charge is 2.23. The Morgan fingerprint density at radius 1 is 0.923 bits per heavy atom. The minimum Gasteiger partial charge on any atom is -0.365 e. The first-order valence-corrected chi connectivity index (χ1v) is 9.18. The van der Waals surface area contributed by atoms with Crippen LogP contribution in [0.4, 0.5) is 0 Å². The number of para-hydroxylation sites is 1. The molecule has 1 aliphatic heterocycles. The van der Waals surface area contributed by atoms with Crippen molar-refractivity contribution in [2.75, 3.05) is 0 Å². The molecule has 2 unspecified atom stereocenters. The van der Waals surface area contributed by atoms with Crippen molar-refractivity contribution in [3.05, 3.63) is 84.7 Å². The van der Waals surface area contributed by atoms with E-state index in [1.807, 2.05) is 12.4 Å². The van der Waals surface area contributed by atoms with Crippen LogP contribution in [0.5, 0.6) is 0 Å². The van der Waals surface area contributed by atoms with Crippen LogP contribution < -0.4 is 5.32 Å². The maximum atomic E-state index is 4.38. The Hall–Kier alpha value is -3.07. The number of rotatable bonds is 2. The molecule has 0 bridgehead atoms. The van der Waals surface area contributed by atoms with Gasteiger partial charge in [-0.2, -0.15) is 0 Å². The van der Waals surface area contributed by atoms with Gasteiger partial charge in [0.2, 0.25) is 0 Å². The summed E-state index contributed by atoms with van der Waals surface area (Å²) in [7, 11) is 0. The topological polar surface area (TPSA) is 29.9 Å². The van der Waals surface area contributed by atoms with Crippen molar-refractivity contribution < 1.29 is 0 Å². The highest BCUT2D eigenvalue weighted by Crippen LogP contribution is 2.35. The number of aromatic nitrogens is 2. The molecule has 0 fully saturated rings. The second-order valence-corrected chi connectivity index (χ2v) is 7.12. The van der Waals surface area contributed by atoms with Crippen molar-refractivity contribution in [3.8, 4) is 0 Å². The predicted octanol–water partition coefficient (Wildman–Crippen LogP) is 5.36. The molecule has 4 aromatic rings. The fourth-order valence-corrected chi connectivity index (χ4v) is 4.12. The second kappa shape index (κ2) is 6.03. The monoisotopic (exact) mass is 339 g/mol. The van der Waals surface area contributed by atoms with E-state index in [0.29, 0.717) is 12.0 Å². The van der Waals surface area contributed by atoms with Crippen molar-refractivity contribution in [1.29, 1.82) is 0 Å². The smallest absolute Gasteiger partial charge is 0.107 e. The van der Waals surface area contributed by atoms with E-state index in [0.717, 1.165) is 17.8 Å². The molecule has 3 heteroatoms. The van der Waals surface area contributed by atoms with Crippen LogP contribution >= 0.6 is 0 Å². The summed E-state index contributed by atoms with van der Waals surface area (Å²) in [6.07, 6.45) is 7.28. The van der Waals surface area contributed by atoms with Crippen LogP contribution in [-0.2, 0) is 0 Å².